The average molecular weight is 945 g/mol. The van der Waals surface area contributed by atoms with E-state index in [1.54, 1.807) is 23.1 Å². The number of alkyl halides is 1. The Morgan fingerprint density at radius 2 is 1.76 bits per heavy atom. The summed E-state index contributed by atoms with van der Waals surface area (Å²) < 4.78 is 43.7. The molecule has 3 aromatic rings. The van der Waals surface area contributed by atoms with E-state index in [0.29, 0.717) is 54.6 Å². The Hall–Kier alpha value is -5.32. The fourth-order valence-electron chi connectivity index (χ4n) is 10.3. The number of rotatable bonds is 21. The number of hydrogen-bond acceptors (Lipinski definition) is 13. The molecule has 3 N–H and O–H groups in total. The molecule has 2 amide bonds. The summed E-state index contributed by atoms with van der Waals surface area (Å²) in [5.41, 5.74) is 3.92. The Morgan fingerprint density at radius 1 is 0.955 bits per heavy atom. The second kappa shape index (κ2) is 23.1. The van der Waals surface area contributed by atoms with Crippen molar-refractivity contribution >= 4 is 29.5 Å². The molecule has 1 saturated carbocycles. The van der Waals surface area contributed by atoms with Crippen LogP contribution < -0.4 is 24.3 Å². The third-order valence-corrected chi connectivity index (χ3v) is 13.4. The van der Waals surface area contributed by atoms with E-state index in [2.05, 4.69) is 18.0 Å². The number of amides is 2. The number of benzene rings is 3. The quantitative estimate of drug-likeness (QED) is 0.0401. The van der Waals surface area contributed by atoms with Crippen molar-refractivity contribution in [1.82, 2.24) is 10.2 Å². The standard InChI is InChI=1S/C51H62ClN3O12/c1-2-24-64-51-45(55(50(59)61-26-21-52)32-35-17-19-43-44(27-35)63-33-62-43)30-41(54-67-46-16-8-11-25-60-46)39-28-36(14-6-9-22-56)38(15-7-10-23-57)47(48(39)51)40-29-37(18-20-42(40)66-51)65-49(58)53-31-34-12-4-3-5-13-34/h2-5,12-13,17-20,27-29,36,38,45-48,56-57H,1,6-11,14-16,21-26,30-33H2,(H,53,58). The second-order valence-electron chi connectivity index (χ2n) is 17.5. The number of aliphatic hydroxyl groups excluding tert-OH is 2. The predicted octanol–water partition coefficient (Wildman–Crippen LogP) is 8.74. The van der Waals surface area contributed by atoms with Crippen LogP contribution in [0, 0.1) is 17.8 Å². The van der Waals surface area contributed by atoms with Gasteiger partial charge in [-0.25, -0.2) is 9.59 Å². The molecule has 2 fully saturated rings. The smallest absolute Gasteiger partial charge is 0.412 e. The van der Waals surface area contributed by atoms with Gasteiger partial charge in [0.1, 0.15) is 24.1 Å². The minimum absolute atomic E-state index is 0.0191. The van der Waals surface area contributed by atoms with Crippen molar-refractivity contribution in [3.63, 3.8) is 0 Å². The molecule has 16 heteroatoms. The van der Waals surface area contributed by atoms with Crippen molar-refractivity contribution < 1.29 is 57.8 Å². The summed E-state index contributed by atoms with van der Waals surface area (Å²) in [5, 5.41) is 27.8. The zero-order chi connectivity index (χ0) is 46.6. The molecule has 0 bridgehead atoms. The van der Waals surface area contributed by atoms with Crippen molar-refractivity contribution in [1.29, 1.82) is 0 Å². The first kappa shape index (κ1) is 48.1. The van der Waals surface area contributed by atoms with E-state index in [4.69, 9.17) is 54.8 Å². The molecule has 2 aliphatic carbocycles. The van der Waals surface area contributed by atoms with E-state index in [1.165, 1.54) is 0 Å². The Bertz CT molecular complexity index is 2220. The van der Waals surface area contributed by atoms with Crippen LogP contribution in [0.2, 0.25) is 0 Å². The summed E-state index contributed by atoms with van der Waals surface area (Å²) in [6.07, 6.45) is 9.00. The van der Waals surface area contributed by atoms with Gasteiger partial charge in [0.15, 0.2) is 11.5 Å². The minimum Gasteiger partial charge on any atom is -0.459 e. The lowest BCUT2D eigenvalue weighted by molar-refractivity contribution is -0.256. The summed E-state index contributed by atoms with van der Waals surface area (Å²) in [5.74, 6) is -0.589. The van der Waals surface area contributed by atoms with Crippen molar-refractivity contribution in [2.45, 2.75) is 101 Å². The number of aliphatic hydroxyl groups is 2. The maximum Gasteiger partial charge on any atom is 0.412 e. The number of hydrogen-bond donors (Lipinski definition) is 3. The zero-order valence-corrected chi connectivity index (χ0v) is 38.6. The van der Waals surface area contributed by atoms with Gasteiger partial charge in [0, 0.05) is 50.6 Å². The SMILES string of the molecule is C=CCOC12Oc3ccc(OC(=O)NCc4ccccc4)cc3C3C(CCCCO)C(CCCCO)C=C(C(=NOC4CCCCO4)CC1N(Cc1ccc4c(c1)OCO4)C(=O)OCCCl)C32. The number of oxime groups is 1. The number of unbranched alkanes of at least 4 members (excludes halogenated alkanes) is 2. The van der Waals surface area contributed by atoms with E-state index in [-0.39, 0.29) is 76.4 Å². The summed E-state index contributed by atoms with van der Waals surface area (Å²) in [4.78, 5) is 36.0. The van der Waals surface area contributed by atoms with E-state index < -0.39 is 36.2 Å². The minimum atomic E-state index is -1.57. The number of fused-ring (bicyclic) bond motifs is 3. The molecule has 67 heavy (non-hydrogen) atoms. The van der Waals surface area contributed by atoms with E-state index in [0.717, 1.165) is 60.8 Å². The number of nitrogens with zero attached hydrogens (tertiary/aromatic N) is 2. The van der Waals surface area contributed by atoms with Gasteiger partial charge in [-0.15, -0.1) is 18.2 Å². The van der Waals surface area contributed by atoms with Gasteiger partial charge >= 0.3 is 12.2 Å². The van der Waals surface area contributed by atoms with Crippen LogP contribution in [-0.4, -0.2) is 96.8 Å². The lowest BCUT2D eigenvalue weighted by Gasteiger charge is -2.59. The van der Waals surface area contributed by atoms with Crippen molar-refractivity contribution in [2.24, 2.45) is 22.9 Å². The molecule has 0 spiro atoms. The Kier molecular flexibility index (Phi) is 16.6. The summed E-state index contributed by atoms with van der Waals surface area (Å²) in [7, 11) is 0. The van der Waals surface area contributed by atoms with Gasteiger partial charge in [-0.3, -0.25) is 4.90 Å². The molecule has 15 nitrogen and oxygen atoms in total. The van der Waals surface area contributed by atoms with Crippen LogP contribution in [-0.2, 0) is 32.1 Å². The van der Waals surface area contributed by atoms with Crippen molar-refractivity contribution in [2.75, 3.05) is 45.7 Å². The number of halogens is 1. The zero-order valence-electron chi connectivity index (χ0n) is 37.9. The third kappa shape index (κ3) is 11.2. The van der Waals surface area contributed by atoms with Crippen molar-refractivity contribution in [3.8, 4) is 23.0 Å². The van der Waals surface area contributed by atoms with Crippen LogP contribution in [0.15, 0.2) is 96.2 Å². The molecule has 3 heterocycles. The first-order chi connectivity index (χ1) is 32.8. The predicted molar refractivity (Wildman–Crippen MR) is 249 cm³/mol. The van der Waals surface area contributed by atoms with Crippen LogP contribution in [0.5, 0.6) is 23.0 Å². The van der Waals surface area contributed by atoms with E-state index in [1.807, 2.05) is 54.6 Å². The first-order valence-electron chi connectivity index (χ1n) is 23.6. The molecule has 7 atom stereocenters. The molecular formula is C51H62ClN3O12. The fraction of sp³-hybridized carbons (Fsp3) is 0.510. The molecule has 1 saturated heterocycles. The van der Waals surface area contributed by atoms with Crippen molar-refractivity contribution in [3.05, 3.63) is 108 Å². The normalized spacial score (nSPS) is 25.2. The highest BCUT2D eigenvalue weighted by Crippen LogP contribution is 2.62. The number of ether oxygens (including phenoxy) is 7. The van der Waals surface area contributed by atoms with Gasteiger partial charge in [-0.2, -0.15) is 0 Å². The highest BCUT2D eigenvalue weighted by molar-refractivity contribution is 6.18. The van der Waals surface area contributed by atoms with Gasteiger partial charge in [-0.1, -0.05) is 66.5 Å². The van der Waals surface area contributed by atoms with Gasteiger partial charge in [0.25, 0.3) is 0 Å². The molecule has 3 aromatic carbocycles. The van der Waals surface area contributed by atoms with Gasteiger partial charge in [0.05, 0.1) is 30.7 Å². The summed E-state index contributed by atoms with van der Waals surface area (Å²) >= 11 is 6.14. The largest absolute Gasteiger partial charge is 0.459 e. The van der Waals surface area contributed by atoms with Gasteiger partial charge < -0.3 is 53.5 Å². The maximum atomic E-state index is 14.7. The molecule has 0 aromatic heterocycles. The topological polar surface area (TPSA) is 176 Å². The second-order valence-corrected chi connectivity index (χ2v) is 17.9. The average Bonchev–Trinajstić information content (AvgIpc) is 3.83. The van der Waals surface area contributed by atoms with Crippen LogP contribution >= 0.6 is 11.6 Å². The van der Waals surface area contributed by atoms with Gasteiger partial charge in [-0.05, 0) is 97.4 Å². The molecular weight excluding hydrogens is 882 g/mol. The maximum absolute atomic E-state index is 14.7. The Labute approximate surface area is 396 Å². The fourth-order valence-corrected chi connectivity index (χ4v) is 10.4. The first-order valence-corrected chi connectivity index (χ1v) is 24.1. The highest BCUT2D eigenvalue weighted by Gasteiger charge is 2.66. The summed E-state index contributed by atoms with van der Waals surface area (Å²) in [6.45, 7) is 5.14. The number of allylic oxidation sites excluding steroid dienone is 1. The van der Waals surface area contributed by atoms with Gasteiger partial charge in [0.2, 0.25) is 18.9 Å². The third-order valence-electron chi connectivity index (χ3n) is 13.3. The molecule has 7 unspecified atom stereocenters. The lowest BCUT2D eigenvalue weighted by Crippen LogP contribution is -2.70. The van der Waals surface area contributed by atoms with E-state index >= 15 is 0 Å². The molecule has 3 aliphatic heterocycles. The lowest BCUT2D eigenvalue weighted by atomic mass is 9.55. The van der Waals surface area contributed by atoms with Crippen LogP contribution in [0.3, 0.4) is 0 Å². The number of carbonyl (C=O) groups is 2. The molecule has 5 aliphatic rings. The Morgan fingerprint density at radius 3 is 2.54 bits per heavy atom. The molecule has 0 radical (unpaired) electrons. The summed E-state index contributed by atoms with van der Waals surface area (Å²) in [6, 6.07) is 19.6. The number of nitrogens with one attached hydrogen (secondary N) is 1. The van der Waals surface area contributed by atoms with E-state index in [9.17, 15) is 19.8 Å². The van der Waals surface area contributed by atoms with Crippen LogP contribution in [0.4, 0.5) is 9.59 Å². The monoisotopic (exact) mass is 943 g/mol. The molecule has 8 rings (SSSR count). The van der Waals surface area contributed by atoms with Crippen LogP contribution in [0.1, 0.15) is 86.8 Å². The number of carbonyl (C=O) groups excluding carboxylic acids is 2. The molecule has 360 valence electrons. The Balaban J connectivity index is 1.29. The highest BCUT2D eigenvalue weighted by atomic mass is 35.5. The van der Waals surface area contributed by atoms with Crippen LogP contribution in [0.25, 0.3) is 0 Å².